The molecule has 6 nitrogen and oxygen atoms in total. The third-order valence-corrected chi connectivity index (χ3v) is 9.06. The fraction of sp³-hybridized carbons (Fsp3) is 0.778. The van der Waals surface area contributed by atoms with E-state index in [0.29, 0.717) is 24.5 Å². The van der Waals surface area contributed by atoms with E-state index in [2.05, 4.69) is 25.1 Å². The number of aliphatic hydroxyl groups excluding tert-OH is 1. The van der Waals surface area contributed by atoms with Gasteiger partial charge in [0.2, 0.25) is 0 Å². The van der Waals surface area contributed by atoms with Crippen LogP contribution < -0.4 is 10.5 Å². The van der Waals surface area contributed by atoms with Gasteiger partial charge in [-0.05, 0) is 86.0 Å². The number of rotatable bonds is 11. The topological polar surface area (TPSA) is 83.2 Å². The second kappa shape index (κ2) is 10.6. The Kier molecular flexibility index (Phi) is 8.02. The number of hydrogen-bond acceptors (Lipinski definition) is 6. The molecule has 0 bridgehead atoms. The van der Waals surface area contributed by atoms with Gasteiger partial charge in [0, 0.05) is 31.8 Å². The van der Waals surface area contributed by atoms with Gasteiger partial charge < -0.3 is 29.8 Å². The molecule has 0 radical (unpaired) electrons. The number of aliphatic hydroxyl groups is 1. The van der Waals surface area contributed by atoms with Gasteiger partial charge in [0.05, 0.1) is 6.10 Å². The summed E-state index contributed by atoms with van der Waals surface area (Å²) < 4.78 is 22.3. The van der Waals surface area contributed by atoms with Crippen molar-refractivity contribution in [1.82, 2.24) is 0 Å². The average molecular weight is 462 g/mol. The molecule has 33 heavy (non-hydrogen) atoms. The highest BCUT2D eigenvalue weighted by Crippen LogP contribution is 2.64. The van der Waals surface area contributed by atoms with Crippen LogP contribution in [0.25, 0.3) is 0 Å². The number of fused-ring (bicyclic) bond motifs is 5. The van der Waals surface area contributed by atoms with Gasteiger partial charge in [-0.3, -0.25) is 0 Å². The van der Waals surface area contributed by atoms with Gasteiger partial charge in [0.25, 0.3) is 0 Å². The van der Waals surface area contributed by atoms with Crippen LogP contribution in [0.5, 0.6) is 5.75 Å². The molecule has 1 aromatic carbocycles. The maximum absolute atomic E-state index is 9.25. The number of nitrogens with two attached hydrogens (primary N) is 1. The van der Waals surface area contributed by atoms with E-state index < -0.39 is 0 Å². The first-order valence-corrected chi connectivity index (χ1v) is 12.7. The van der Waals surface area contributed by atoms with Crippen LogP contribution in [0.4, 0.5) is 0 Å². The first-order chi connectivity index (χ1) is 16.0. The van der Waals surface area contributed by atoms with Crippen molar-refractivity contribution in [2.24, 2.45) is 23.0 Å². The molecule has 3 aliphatic rings. The zero-order valence-electron chi connectivity index (χ0n) is 20.7. The Morgan fingerprint density at radius 1 is 1.06 bits per heavy atom. The standard InChI is InChI=1S/C27H43NO5/c1-26-12-10-23-22-9-8-21(32-17-30-2)16-20(22)15-19(7-5-4-6-14-29)25(23)27(26,28)13-11-24(26)33-18-31-3/h8-9,16,19,23-25,29H,4-7,10-15,17-18,28H2,1-3H3/t19-,23-,24+,25-,26-,27-/m1/s1. The van der Waals surface area contributed by atoms with Gasteiger partial charge >= 0.3 is 0 Å². The van der Waals surface area contributed by atoms with Crippen LogP contribution >= 0.6 is 0 Å². The number of methoxy groups -OCH3 is 2. The second-order valence-electron chi connectivity index (χ2n) is 10.7. The predicted molar refractivity (Wildman–Crippen MR) is 128 cm³/mol. The van der Waals surface area contributed by atoms with Crippen LogP contribution in [0.1, 0.15) is 75.3 Å². The maximum Gasteiger partial charge on any atom is 0.188 e. The first-order valence-electron chi connectivity index (χ1n) is 12.7. The van der Waals surface area contributed by atoms with Gasteiger partial charge in [0.1, 0.15) is 12.5 Å². The zero-order chi connectivity index (χ0) is 23.5. The molecule has 186 valence electrons. The third kappa shape index (κ3) is 4.57. The van der Waals surface area contributed by atoms with Crippen molar-refractivity contribution in [3.8, 4) is 5.75 Å². The summed E-state index contributed by atoms with van der Waals surface area (Å²) in [6, 6.07) is 6.59. The lowest BCUT2D eigenvalue weighted by Crippen LogP contribution is -2.65. The molecule has 0 unspecified atom stereocenters. The number of benzene rings is 1. The van der Waals surface area contributed by atoms with E-state index in [1.165, 1.54) is 11.1 Å². The van der Waals surface area contributed by atoms with Gasteiger partial charge in [-0.1, -0.05) is 25.8 Å². The molecule has 0 aliphatic heterocycles. The van der Waals surface area contributed by atoms with Gasteiger partial charge in [-0.2, -0.15) is 0 Å². The highest BCUT2D eigenvalue weighted by molar-refractivity contribution is 5.42. The summed E-state index contributed by atoms with van der Waals surface area (Å²) in [5.74, 6) is 2.34. The quantitative estimate of drug-likeness (QED) is 0.376. The summed E-state index contributed by atoms with van der Waals surface area (Å²) in [7, 11) is 3.34. The molecule has 0 aromatic heterocycles. The summed E-state index contributed by atoms with van der Waals surface area (Å²) in [6.07, 6.45) is 9.69. The highest BCUT2D eigenvalue weighted by Gasteiger charge is 2.64. The van der Waals surface area contributed by atoms with Crippen molar-refractivity contribution in [2.45, 2.75) is 82.3 Å². The Morgan fingerprint density at radius 2 is 1.88 bits per heavy atom. The lowest BCUT2D eigenvalue weighted by atomic mass is 9.48. The molecular weight excluding hydrogens is 418 g/mol. The largest absolute Gasteiger partial charge is 0.468 e. The van der Waals surface area contributed by atoms with Crippen molar-refractivity contribution < 1.29 is 24.1 Å². The normalized spacial score (nSPS) is 35.1. The number of hydrogen-bond donors (Lipinski definition) is 2. The number of ether oxygens (including phenoxy) is 4. The molecule has 2 fully saturated rings. The highest BCUT2D eigenvalue weighted by atomic mass is 16.7. The minimum Gasteiger partial charge on any atom is -0.468 e. The van der Waals surface area contributed by atoms with Crippen molar-refractivity contribution in [2.75, 3.05) is 34.4 Å². The lowest BCUT2D eigenvalue weighted by molar-refractivity contribution is -0.134. The molecule has 0 spiro atoms. The van der Waals surface area contributed by atoms with Crippen LogP contribution in [-0.4, -0.2) is 51.2 Å². The summed E-state index contributed by atoms with van der Waals surface area (Å²) >= 11 is 0. The van der Waals surface area contributed by atoms with E-state index in [1.54, 1.807) is 14.2 Å². The minimum atomic E-state index is -0.237. The Morgan fingerprint density at radius 3 is 2.64 bits per heavy atom. The minimum absolute atomic E-state index is 0.0327. The third-order valence-electron chi connectivity index (χ3n) is 9.06. The molecule has 0 saturated heterocycles. The molecule has 1 aromatic rings. The van der Waals surface area contributed by atoms with E-state index in [1.807, 2.05) is 0 Å². The van der Waals surface area contributed by atoms with E-state index >= 15 is 0 Å². The second-order valence-corrected chi connectivity index (χ2v) is 10.7. The van der Waals surface area contributed by atoms with Crippen molar-refractivity contribution >= 4 is 0 Å². The van der Waals surface area contributed by atoms with E-state index in [0.717, 1.165) is 63.5 Å². The molecule has 3 N–H and O–H groups in total. The van der Waals surface area contributed by atoms with Crippen molar-refractivity contribution in [3.05, 3.63) is 29.3 Å². The predicted octanol–water partition coefficient (Wildman–Crippen LogP) is 4.37. The van der Waals surface area contributed by atoms with Crippen molar-refractivity contribution in [1.29, 1.82) is 0 Å². The molecule has 6 atom stereocenters. The Bertz CT molecular complexity index is 788. The summed E-state index contributed by atoms with van der Waals surface area (Å²) in [6.45, 7) is 3.25. The summed E-state index contributed by atoms with van der Waals surface area (Å²) in [5.41, 5.74) is 10.1. The molecule has 2 saturated carbocycles. The van der Waals surface area contributed by atoms with Gasteiger partial charge in [0.15, 0.2) is 6.79 Å². The molecule has 0 amide bonds. The fourth-order valence-corrected chi connectivity index (χ4v) is 7.45. The smallest absolute Gasteiger partial charge is 0.188 e. The van der Waals surface area contributed by atoms with E-state index in [-0.39, 0.29) is 30.5 Å². The van der Waals surface area contributed by atoms with Crippen LogP contribution in [0.15, 0.2) is 18.2 Å². The fourth-order valence-electron chi connectivity index (χ4n) is 7.45. The maximum atomic E-state index is 9.25. The van der Waals surface area contributed by atoms with Crippen LogP contribution in [0.2, 0.25) is 0 Å². The average Bonchev–Trinajstić information content (AvgIpc) is 3.09. The molecule has 6 heteroatoms. The Balaban J connectivity index is 1.64. The van der Waals surface area contributed by atoms with Crippen LogP contribution in [0, 0.1) is 17.3 Å². The van der Waals surface area contributed by atoms with Crippen molar-refractivity contribution in [3.63, 3.8) is 0 Å². The summed E-state index contributed by atoms with van der Waals surface area (Å²) in [4.78, 5) is 0. The Hall–Kier alpha value is -1.18. The molecule has 3 aliphatic carbocycles. The Labute approximate surface area is 199 Å². The number of unbranched alkanes of at least 4 members (excludes halogenated alkanes) is 2. The summed E-state index contributed by atoms with van der Waals surface area (Å²) in [5, 5.41) is 9.25. The first kappa shape index (κ1) is 24.9. The molecule has 4 rings (SSSR count). The molecule has 0 heterocycles. The van der Waals surface area contributed by atoms with Gasteiger partial charge in [-0.15, -0.1) is 0 Å². The molecular formula is C27H43NO5. The van der Waals surface area contributed by atoms with Crippen LogP contribution in [-0.2, 0) is 20.6 Å². The SMILES string of the molecule is COCOc1ccc2c(c1)C[C@@H](CCCCCO)[C@@H]1[C@@H]2CC[C@]2(C)[C@@H](OCOC)CC[C@@]12N. The lowest BCUT2D eigenvalue weighted by Gasteiger charge is -2.59. The van der Waals surface area contributed by atoms with E-state index in [4.69, 9.17) is 24.7 Å². The van der Waals surface area contributed by atoms with E-state index in [9.17, 15) is 5.11 Å². The zero-order valence-corrected chi connectivity index (χ0v) is 20.7. The monoisotopic (exact) mass is 461 g/mol. The van der Waals surface area contributed by atoms with Gasteiger partial charge in [-0.25, -0.2) is 0 Å². The van der Waals surface area contributed by atoms with Crippen LogP contribution in [0.3, 0.4) is 0 Å².